The zero-order valence-corrected chi connectivity index (χ0v) is 13.2. The van der Waals surface area contributed by atoms with Crippen molar-refractivity contribution >= 4 is 29.1 Å². The SMILES string of the molecule is CC(CO)NC(=O)c1cccnc1Oc1ccc(Cl)cc1Cl. The molecule has 2 aromatic rings. The van der Waals surface area contributed by atoms with E-state index in [2.05, 4.69) is 10.3 Å². The van der Waals surface area contributed by atoms with Crippen LogP contribution in [0.4, 0.5) is 0 Å². The molecule has 0 aliphatic rings. The minimum Gasteiger partial charge on any atom is -0.437 e. The van der Waals surface area contributed by atoms with Gasteiger partial charge in [-0.1, -0.05) is 23.2 Å². The average Bonchev–Trinajstić information content (AvgIpc) is 2.50. The highest BCUT2D eigenvalue weighted by Gasteiger charge is 2.17. The summed E-state index contributed by atoms with van der Waals surface area (Å²) in [5, 5.41) is 12.4. The first-order chi connectivity index (χ1) is 10.5. The summed E-state index contributed by atoms with van der Waals surface area (Å²) in [6.07, 6.45) is 1.51. The molecule has 116 valence electrons. The normalized spacial score (nSPS) is 11.8. The van der Waals surface area contributed by atoms with Gasteiger partial charge < -0.3 is 15.2 Å². The number of aromatic nitrogens is 1. The van der Waals surface area contributed by atoms with Gasteiger partial charge in [0, 0.05) is 17.3 Å². The molecule has 0 aliphatic carbocycles. The van der Waals surface area contributed by atoms with E-state index in [9.17, 15) is 4.79 Å². The van der Waals surface area contributed by atoms with Crippen LogP contribution in [0.25, 0.3) is 0 Å². The molecule has 0 aliphatic heterocycles. The fraction of sp³-hybridized carbons (Fsp3) is 0.200. The molecule has 0 saturated carbocycles. The summed E-state index contributed by atoms with van der Waals surface area (Å²) >= 11 is 11.9. The van der Waals surface area contributed by atoms with E-state index < -0.39 is 5.91 Å². The van der Waals surface area contributed by atoms with Crippen LogP contribution in [0.3, 0.4) is 0 Å². The lowest BCUT2D eigenvalue weighted by Gasteiger charge is -2.13. The van der Waals surface area contributed by atoms with Crippen LogP contribution in [0.15, 0.2) is 36.5 Å². The van der Waals surface area contributed by atoms with Crippen LogP contribution in [-0.2, 0) is 0 Å². The van der Waals surface area contributed by atoms with Gasteiger partial charge in [0.15, 0.2) is 0 Å². The molecule has 0 saturated heterocycles. The summed E-state index contributed by atoms with van der Waals surface area (Å²) < 4.78 is 5.61. The van der Waals surface area contributed by atoms with Crippen molar-refractivity contribution in [1.29, 1.82) is 0 Å². The highest BCUT2D eigenvalue weighted by Crippen LogP contribution is 2.31. The van der Waals surface area contributed by atoms with Gasteiger partial charge in [-0.2, -0.15) is 0 Å². The smallest absolute Gasteiger partial charge is 0.257 e. The highest BCUT2D eigenvalue weighted by molar-refractivity contribution is 6.35. The van der Waals surface area contributed by atoms with Crippen molar-refractivity contribution in [3.8, 4) is 11.6 Å². The number of amides is 1. The third-order valence-electron chi connectivity index (χ3n) is 2.77. The van der Waals surface area contributed by atoms with E-state index in [1.807, 2.05) is 0 Å². The number of ether oxygens (including phenoxy) is 1. The molecule has 2 rings (SSSR count). The van der Waals surface area contributed by atoms with Crippen LogP contribution < -0.4 is 10.1 Å². The second kappa shape index (κ2) is 7.45. The van der Waals surface area contributed by atoms with Crippen LogP contribution in [0.5, 0.6) is 11.6 Å². The first kappa shape index (κ1) is 16.5. The maximum Gasteiger partial charge on any atom is 0.257 e. The van der Waals surface area contributed by atoms with Crippen molar-refractivity contribution in [3.63, 3.8) is 0 Å². The van der Waals surface area contributed by atoms with Crippen LogP contribution in [0.2, 0.25) is 10.0 Å². The quantitative estimate of drug-likeness (QED) is 0.875. The van der Waals surface area contributed by atoms with E-state index in [1.54, 1.807) is 31.2 Å². The molecule has 1 aromatic heterocycles. The number of rotatable bonds is 5. The molecule has 0 fully saturated rings. The van der Waals surface area contributed by atoms with E-state index in [4.69, 9.17) is 33.0 Å². The molecule has 0 radical (unpaired) electrons. The van der Waals surface area contributed by atoms with Crippen molar-refractivity contribution in [2.75, 3.05) is 6.61 Å². The standard InChI is InChI=1S/C15H14Cl2N2O3/c1-9(8-20)19-14(21)11-3-2-6-18-15(11)22-13-5-4-10(16)7-12(13)17/h2-7,9,20H,8H2,1H3,(H,19,21). The maximum atomic E-state index is 12.2. The number of pyridine rings is 1. The number of nitrogens with zero attached hydrogens (tertiary/aromatic N) is 1. The number of hydrogen-bond donors (Lipinski definition) is 2. The molecule has 5 nitrogen and oxygen atoms in total. The van der Waals surface area contributed by atoms with Crippen LogP contribution >= 0.6 is 23.2 Å². The van der Waals surface area contributed by atoms with Gasteiger partial charge in [-0.05, 0) is 37.3 Å². The molecule has 22 heavy (non-hydrogen) atoms. The molecule has 1 atom stereocenters. The lowest BCUT2D eigenvalue weighted by molar-refractivity contribution is 0.0919. The first-order valence-electron chi connectivity index (χ1n) is 6.51. The Morgan fingerprint density at radius 1 is 1.41 bits per heavy atom. The summed E-state index contributed by atoms with van der Waals surface area (Å²) in [5.74, 6) is 0.0677. The molecular weight excluding hydrogens is 327 g/mol. The maximum absolute atomic E-state index is 12.2. The molecule has 1 amide bonds. The van der Waals surface area contributed by atoms with E-state index >= 15 is 0 Å². The number of aliphatic hydroxyl groups is 1. The Labute approximate surface area is 137 Å². The molecule has 7 heteroatoms. The van der Waals surface area contributed by atoms with Crippen molar-refractivity contribution in [2.24, 2.45) is 0 Å². The van der Waals surface area contributed by atoms with Crippen molar-refractivity contribution in [2.45, 2.75) is 13.0 Å². The predicted octanol–water partition coefficient (Wildman–Crippen LogP) is 3.29. The molecule has 0 bridgehead atoms. The summed E-state index contributed by atoms with van der Waals surface area (Å²) in [7, 11) is 0. The van der Waals surface area contributed by atoms with E-state index in [0.29, 0.717) is 15.8 Å². The van der Waals surface area contributed by atoms with Crippen molar-refractivity contribution < 1.29 is 14.6 Å². The molecule has 1 unspecified atom stereocenters. The highest BCUT2D eigenvalue weighted by atomic mass is 35.5. The summed E-state index contributed by atoms with van der Waals surface area (Å²) in [5.41, 5.74) is 0.244. The Morgan fingerprint density at radius 2 is 2.18 bits per heavy atom. The monoisotopic (exact) mass is 340 g/mol. The Hall–Kier alpha value is -1.82. The Morgan fingerprint density at radius 3 is 2.86 bits per heavy atom. The molecule has 1 heterocycles. The van der Waals surface area contributed by atoms with Gasteiger partial charge in [-0.25, -0.2) is 4.98 Å². The lowest BCUT2D eigenvalue weighted by Crippen LogP contribution is -2.35. The summed E-state index contributed by atoms with van der Waals surface area (Å²) in [4.78, 5) is 16.2. The van der Waals surface area contributed by atoms with Crippen molar-refractivity contribution in [1.82, 2.24) is 10.3 Å². The third kappa shape index (κ3) is 4.10. The van der Waals surface area contributed by atoms with Crippen LogP contribution in [0, 0.1) is 0 Å². The van der Waals surface area contributed by atoms with Gasteiger partial charge in [-0.15, -0.1) is 0 Å². The first-order valence-corrected chi connectivity index (χ1v) is 7.26. The van der Waals surface area contributed by atoms with Gasteiger partial charge in [-0.3, -0.25) is 4.79 Å². The number of hydrogen-bond acceptors (Lipinski definition) is 4. The van der Waals surface area contributed by atoms with Crippen LogP contribution in [-0.4, -0.2) is 28.6 Å². The average molecular weight is 341 g/mol. The van der Waals surface area contributed by atoms with Gasteiger partial charge in [0.2, 0.25) is 5.88 Å². The van der Waals surface area contributed by atoms with Gasteiger partial charge >= 0.3 is 0 Å². The number of halogens is 2. The predicted molar refractivity (Wildman–Crippen MR) is 84.8 cm³/mol. The van der Waals surface area contributed by atoms with E-state index in [0.717, 1.165) is 0 Å². The molecule has 2 N–H and O–H groups in total. The van der Waals surface area contributed by atoms with Crippen molar-refractivity contribution in [3.05, 3.63) is 52.1 Å². The molecule has 0 spiro atoms. The van der Waals surface area contributed by atoms with E-state index in [-0.39, 0.29) is 24.1 Å². The topological polar surface area (TPSA) is 71.5 Å². The molecular formula is C15H14Cl2N2O3. The Balaban J connectivity index is 2.26. The number of benzene rings is 1. The zero-order valence-electron chi connectivity index (χ0n) is 11.7. The zero-order chi connectivity index (χ0) is 16.1. The minimum atomic E-state index is -0.394. The fourth-order valence-electron chi connectivity index (χ4n) is 1.65. The van der Waals surface area contributed by atoms with Gasteiger partial charge in [0.1, 0.15) is 11.3 Å². The van der Waals surface area contributed by atoms with Gasteiger partial charge in [0.05, 0.1) is 11.6 Å². The van der Waals surface area contributed by atoms with Gasteiger partial charge in [0.25, 0.3) is 5.91 Å². The van der Waals surface area contributed by atoms with E-state index in [1.165, 1.54) is 12.3 Å². The summed E-state index contributed by atoms with van der Waals surface area (Å²) in [6.45, 7) is 1.52. The van der Waals surface area contributed by atoms with Crippen LogP contribution in [0.1, 0.15) is 17.3 Å². The largest absolute Gasteiger partial charge is 0.437 e. The third-order valence-corrected chi connectivity index (χ3v) is 3.30. The summed E-state index contributed by atoms with van der Waals surface area (Å²) in [6, 6.07) is 7.58. The second-order valence-electron chi connectivity index (χ2n) is 4.59. The number of aliphatic hydroxyl groups excluding tert-OH is 1. The second-order valence-corrected chi connectivity index (χ2v) is 5.43. The minimum absolute atomic E-state index is 0.120. The number of nitrogens with one attached hydrogen (secondary N) is 1. The Bertz CT molecular complexity index is 680. The number of carbonyl (C=O) groups excluding carboxylic acids is 1. The molecule has 1 aromatic carbocycles. The Kier molecular flexibility index (Phi) is 5.60. The number of carbonyl (C=O) groups is 1. The fourth-order valence-corrected chi connectivity index (χ4v) is 2.10. The lowest BCUT2D eigenvalue weighted by atomic mass is 10.2.